The van der Waals surface area contributed by atoms with Crippen molar-refractivity contribution in [2.45, 2.75) is 24.7 Å². The molecule has 9 nitrogen and oxygen atoms in total. The van der Waals surface area contributed by atoms with E-state index in [0.29, 0.717) is 30.2 Å². The number of carbonyl (C=O) groups is 1. The van der Waals surface area contributed by atoms with Crippen LogP contribution < -0.4 is 19.7 Å². The lowest BCUT2D eigenvalue weighted by Gasteiger charge is -2.18. The van der Waals surface area contributed by atoms with E-state index in [9.17, 15) is 13.2 Å². The Labute approximate surface area is 186 Å². The van der Waals surface area contributed by atoms with Crippen LogP contribution in [0.25, 0.3) is 0 Å². The molecule has 0 aliphatic carbocycles. The van der Waals surface area contributed by atoms with Gasteiger partial charge in [-0.2, -0.15) is 0 Å². The molecule has 0 saturated carbocycles. The highest BCUT2D eigenvalue weighted by atomic mass is 32.2. The van der Waals surface area contributed by atoms with Crippen LogP contribution in [0.4, 0.5) is 22.9 Å². The third-order valence-corrected chi connectivity index (χ3v) is 6.44. The number of nitrogens with zero attached hydrogens (tertiary/aromatic N) is 3. The van der Waals surface area contributed by atoms with Crippen molar-refractivity contribution in [1.29, 1.82) is 0 Å². The third-order valence-electron chi connectivity index (χ3n) is 5.04. The number of nitrogens with one attached hydrogen (secondary N) is 2. The number of hydrogen-bond donors (Lipinski definition) is 2. The van der Waals surface area contributed by atoms with Crippen LogP contribution in [0.2, 0.25) is 0 Å². The highest BCUT2D eigenvalue weighted by molar-refractivity contribution is 7.92. The molecule has 2 aromatic carbocycles. The average molecular weight is 454 g/mol. The molecule has 32 heavy (non-hydrogen) atoms. The van der Waals surface area contributed by atoms with E-state index in [2.05, 4.69) is 20.0 Å². The van der Waals surface area contributed by atoms with E-state index in [1.807, 2.05) is 6.92 Å². The minimum absolute atomic E-state index is 0.0200. The second-order valence-corrected chi connectivity index (χ2v) is 8.99. The van der Waals surface area contributed by atoms with Crippen LogP contribution in [0.15, 0.2) is 59.8 Å². The number of benzene rings is 2. The molecule has 3 aromatic rings. The second-order valence-electron chi connectivity index (χ2n) is 7.34. The second kappa shape index (κ2) is 8.83. The lowest BCUT2D eigenvalue weighted by atomic mass is 10.3. The van der Waals surface area contributed by atoms with Gasteiger partial charge in [0.2, 0.25) is 5.91 Å². The monoisotopic (exact) mass is 453 g/mol. The molecule has 0 radical (unpaired) electrons. The van der Waals surface area contributed by atoms with E-state index in [4.69, 9.17) is 4.74 Å². The Morgan fingerprint density at radius 2 is 1.78 bits per heavy atom. The summed E-state index contributed by atoms with van der Waals surface area (Å²) < 4.78 is 34.1. The smallest absolute Gasteiger partial charge is 0.265 e. The number of aryl methyl sites for hydroxylation is 1. The molecule has 10 heteroatoms. The van der Waals surface area contributed by atoms with Crippen LogP contribution in [0.1, 0.15) is 18.5 Å². The summed E-state index contributed by atoms with van der Waals surface area (Å²) in [5.41, 5.74) is 2.50. The maximum atomic E-state index is 13.1. The molecule has 0 spiro atoms. The summed E-state index contributed by atoms with van der Waals surface area (Å²) in [7, 11) is -2.55. The fraction of sp³-hybridized carbons (Fsp3) is 0.227. The summed E-state index contributed by atoms with van der Waals surface area (Å²) in [6.07, 6.45) is 2.68. The molecule has 166 valence electrons. The van der Waals surface area contributed by atoms with Gasteiger partial charge in [0.1, 0.15) is 22.8 Å². The molecule has 1 aliphatic rings. The Morgan fingerprint density at radius 3 is 2.44 bits per heavy atom. The van der Waals surface area contributed by atoms with E-state index in [0.717, 1.165) is 17.8 Å². The van der Waals surface area contributed by atoms with Crippen molar-refractivity contribution in [3.63, 3.8) is 0 Å². The van der Waals surface area contributed by atoms with Crippen LogP contribution >= 0.6 is 0 Å². The third kappa shape index (κ3) is 4.65. The topological polar surface area (TPSA) is 114 Å². The molecule has 1 aliphatic heterocycles. The van der Waals surface area contributed by atoms with Crippen molar-refractivity contribution in [2.24, 2.45) is 0 Å². The molecule has 1 fully saturated rings. The van der Waals surface area contributed by atoms with E-state index in [1.165, 1.54) is 19.5 Å². The fourth-order valence-corrected chi connectivity index (χ4v) is 4.72. The first-order chi connectivity index (χ1) is 15.4. The molecular formula is C22H23N5O4S. The maximum absolute atomic E-state index is 13.1. The summed E-state index contributed by atoms with van der Waals surface area (Å²) in [5.74, 6) is 0.822. The van der Waals surface area contributed by atoms with Crippen LogP contribution in [0.3, 0.4) is 0 Å². The molecule has 1 saturated heterocycles. The Kier molecular flexibility index (Phi) is 5.95. The van der Waals surface area contributed by atoms with Gasteiger partial charge in [0.05, 0.1) is 7.11 Å². The zero-order valence-corrected chi connectivity index (χ0v) is 18.5. The first-order valence-corrected chi connectivity index (χ1v) is 11.5. The Balaban J connectivity index is 1.55. The van der Waals surface area contributed by atoms with E-state index >= 15 is 0 Å². The minimum atomic E-state index is -3.96. The summed E-state index contributed by atoms with van der Waals surface area (Å²) in [6.45, 7) is 2.44. The fourth-order valence-electron chi connectivity index (χ4n) is 3.47. The van der Waals surface area contributed by atoms with Crippen molar-refractivity contribution in [1.82, 2.24) is 9.97 Å². The predicted molar refractivity (Wildman–Crippen MR) is 122 cm³/mol. The first-order valence-electron chi connectivity index (χ1n) is 10.0. The van der Waals surface area contributed by atoms with Crippen molar-refractivity contribution < 1.29 is 17.9 Å². The molecule has 0 unspecified atom stereocenters. The number of sulfonamides is 1. The first kappa shape index (κ1) is 21.6. The minimum Gasteiger partial charge on any atom is -0.495 e. The number of anilines is 4. The van der Waals surface area contributed by atoms with Crippen LogP contribution in [0, 0.1) is 6.92 Å². The standard InChI is InChI=1S/C22H23N5O4S/c1-15-12-21(24-14-23-15)25-16-5-7-17(8-6-16)26-32(29,30)20-13-18(9-10-19(20)31-2)27-11-3-4-22(27)28/h5-10,12-14,26H,3-4,11H2,1-2H3,(H,23,24,25). The van der Waals surface area contributed by atoms with Gasteiger partial charge in [-0.1, -0.05) is 0 Å². The largest absolute Gasteiger partial charge is 0.495 e. The number of methoxy groups -OCH3 is 1. The molecule has 1 amide bonds. The molecule has 0 bridgehead atoms. The SMILES string of the molecule is COc1ccc(N2CCCC2=O)cc1S(=O)(=O)Nc1ccc(Nc2cc(C)ncn2)cc1. The van der Waals surface area contributed by atoms with Gasteiger partial charge in [-0.05, 0) is 55.8 Å². The van der Waals surface area contributed by atoms with Gasteiger partial charge in [-0.3, -0.25) is 9.52 Å². The quantitative estimate of drug-likeness (QED) is 0.563. The van der Waals surface area contributed by atoms with Crippen molar-refractivity contribution in [3.05, 3.63) is 60.6 Å². The van der Waals surface area contributed by atoms with Crippen molar-refractivity contribution in [3.8, 4) is 5.75 Å². The lowest BCUT2D eigenvalue weighted by molar-refractivity contribution is -0.117. The Bertz CT molecular complexity index is 1250. The summed E-state index contributed by atoms with van der Waals surface area (Å²) in [5, 5.41) is 3.14. The highest BCUT2D eigenvalue weighted by Gasteiger charge is 2.26. The number of ether oxygens (including phenoxy) is 1. The normalized spacial score (nSPS) is 13.8. The van der Waals surface area contributed by atoms with E-state index in [1.54, 1.807) is 47.4 Å². The number of aromatic nitrogens is 2. The molecule has 4 rings (SSSR count). The molecular weight excluding hydrogens is 430 g/mol. The van der Waals surface area contributed by atoms with Gasteiger partial charge < -0.3 is 15.0 Å². The van der Waals surface area contributed by atoms with Gasteiger partial charge in [-0.15, -0.1) is 0 Å². The Hall–Kier alpha value is -3.66. The summed E-state index contributed by atoms with van der Waals surface area (Å²) >= 11 is 0. The van der Waals surface area contributed by atoms with Crippen LogP contribution in [-0.4, -0.2) is 37.9 Å². The predicted octanol–water partition coefficient (Wildman–Crippen LogP) is 3.46. The number of carbonyl (C=O) groups excluding carboxylic acids is 1. The van der Waals surface area contributed by atoms with Crippen molar-refractivity contribution in [2.75, 3.05) is 28.6 Å². The van der Waals surface area contributed by atoms with Gasteiger partial charge in [0, 0.05) is 41.8 Å². The van der Waals surface area contributed by atoms with Crippen LogP contribution in [-0.2, 0) is 14.8 Å². The zero-order chi connectivity index (χ0) is 22.7. The summed E-state index contributed by atoms with van der Waals surface area (Å²) in [6, 6.07) is 13.3. The van der Waals surface area contributed by atoms with E-state index in [-0.39, 0.29) is 16.6 Å². The zero-order valence-electron chi connectivity index (χ0n) is 17.7. The van der Waals surface area contributed by atoms with Crippen molar-refractivity contribution >= 4 is 38.8 Å². The lowest BCUT2D eigenvalue weighted by Crippen LogP contribution is -2.24. The van der Waals surface area contributed by atoms with Gasteiger partial charge in [0.25, 0.3) is 10.0 Å². The Morgan fingerprint density at radius 1 is 1.03 bits per heavy atom. The van der Waals surface area contributed by atoms with Gasteiger partial charge >= 0.3 is 0 Å². The average Bonchev–Trinajstić information content (AvgIpc) is 3.20. The maximum Gasteiger partial charge on any atom is 0.265 e. The molecule has 2 N–H and O–H groups in total. The number of rotatable bonds is 7. The molecule has 1 aromatic heterocycles. The number of hydrogen-bond acceptors (Lipinski definition) is 7. The van der Waals surface area contributed by atoms with Gasteiger partial charge in [0.15, 0.2) is 0 Å². The molecule has 2 heterocycles. The van der Waals surface area contributed by atoms with E-state index < -0.39 is 10.0 Å². The van der Waals surface area contributed by atoms with Gasteiger partial charge in [-0.25, -0.2) is 18.4 Å². The van der Waals surface area contributed by atoms with Crippen LogP contribution in [0.5, 0.6) is 5.75 Å². The highest BCUT2D eigenvalue weighted by Crippen LogP contribution is 2.32. The summed E-state index contributed by atoms with van der Waals surface area (Å²) in [4.78, 5) is 21.8. The molecule has 0 atom stereocenters. The number of amides is 1.